The number of alkyl halides is 3. The molecule has 30 heavy (non-hydrogen) atoms. The van der Waals surface area contributed by atoms with Crippen LogP contribution in [0.4, 0.5) is 18.9 Å². The highest BCUT2D eigenvalue weighted by atomic mass is 19.4. The van der Waals surface area contributed by atoms with Gasteiger partial charge in [0.05, 0.1) is 12.0 Å². The van der Waals surface area contributed by atoms with Crippen LogP contribution in [0.25, 0.3) is 4.85 Å². The van der Waals surface area contributed by atoms with Gasteiger partial charge < -0.3 is 4.74 Å². The maximum atomic E-state index is 14.0. The normalized spacial score (nSPS) is 14.1. The van der Waals surface area contributed by atoms with Gasteiger partial charge in [-0.1, -0.05) is 30.3 Å². The Morgan fingerprint density at radius 3 is 2.13 bits per heavy atom. The number of hydrogen-bond donors (Lipinski definition) is 0. The zero-order valence-electron chi connectivity index (χ0n) is 15.6. The molecular formula is C20H15F3N2O5. The Kier molecular flexibility index (Phi) is 6.56. The highest BCUT2D eigenvalue weighted by Crippen LogP contribution is 2.47. The van der Waals surface area contributed by atoms with Crippen LogP contribution in [0, 0.1) is 22.6 Å². The number of non-ortho nitro benzene ring substituents is 1. The number of hydrogen-bond acceptors (Lipinski definition) is 5. The Labute approximate surface area is 169 Å². The van der Waals surface area contributed by atoms with Crippen LogP contribution in [0.5, 0.6) is 0 Å². The standard InChI is InChI=1S/C20H15F3N2O5/c1-24-19(18(27)30-2,14-6-4-3-5-7-14)17(20(21,22)23)12-16(26)13-8-10-15(11-9-13)25(28)29/h3-11,17H,12H2,2H3/t17-,19-/m0/s1. The monoisotopic (exact) mass is 420 g/mol. The van der Waals surface area contributed by atoms with Crippen molar-refractivity contribution in [2.24, 2.45) is 5.92 Å². The molecule has 0 aromatic heterocycles. The number of carbonyl (C=O) groups is 2. The van der Waals surface area contributed by atoms with Gasteiger partial charge in [-0.25, -0.2) is 11.4 Å². The molecule has 7 nitrogen and oxygen atoms in total. The van der Waals surface area contributed by atoms with Crippen molar-refractivity contribution >= 4 is 17.4 Å². The molecule has 0 bridgehead atoms. The van der Waals surface area contributed by atoms with E-state index in [2.05, 4.69) is 9.58 Å². The summed E-state index contributed by atoms with van der Waals surface area (Å²) in [6.45, 7) is 7.45. The number of carbonyl (C=O) groups excluding carboxylic acids is 2. The summed E-state index contributed by atoms with van der Waals surface area (Å²) < 4.78 is 46.6. The Morgan fingerprint density at radius 2 is 1.70 bits per heavy atom. The van der Waals surface area contributed by atoms with Crippen LogP contribution < -0.4 is 0 Å². The van der Waals surface area contributed by atoms with E-state index in [9.17, 15) is 32.9 Å². The van der Waals surface area contributed by atoms with E-state index >= 15 is 0 Å². The van der Waals surface area contributed by atoms with E-state index in [-0.39, 0.29) is 16.8 Å². The van der Waals surface area contributed by atoms with Crippen molar-refractivity contribution in [3.05, 3.63) is 87.3 Å². The van der Waals surface area contributed by atoms with E-state index < -0.39 is 40.7 Å². The first-order valence-electron chi connectivity index (χ1n) is 8.44. The molecule has 156 valence electrons. The molecule has 2 aromatic rings. The van der Waals surface area contributed by atoms with Crippen LogP contribution in [0.3, 0.4) is 0 Å². The molecule has 0 spiro atoms. The van der Waals surface area contributed by atoms with Gasteiger partial charge in [-0.2, -0.15) is 13.2 Å². The number of rotatable bonds is 7. The number of ketones is 1. The zero-order chi connectivity index (χ0) is 22.5. The first-order chi connectivity index (χ1) is 14.1. The summed E-state index contributed by atoms with van der Waals surface area (Å²) in [5.74, 6) is -5.18. The summed E-state index contributed by atoms with van der Waals surface area (Å²) in [6, 6.07) is 10.6. The minimum Gasteiger partial charge on any atom is -0.463 e. The summed E-state index contributed by atoms with van der Waals surface area (Å²) >= 11 is 0. The van der Waals surface area contributed by atoms with Crippen LogP contribution >= 0.6 is 0 Å². The van der Waals surface area contributed by atoms with E-state index in [0.29, 0.717) is 0 Å². The number of nitro benzene ring substituents is 1. The number of nitrogens with zero attached hydrogens (tertiary/aromatic N) is 2. The second-order valence-electron chi connectivity index (χ2n) is 6.26. The Balaban J connectivity index is 2.56. The van der Waals surface area contributed by atoms with Gasteiger partial charge in [0.25, 0.3) is 5.69 Å². The predicted molar refractivity (Wildman–Crippen MR) is 98.3 cm³/mol. The lowest BCUT2D eigenvalue weighted by molar-refractivity contribution is -0.384. The van der Waals surface area contributed by atoms with Crippen molar-refractivity contribution in [2.75, 3.05) is 7.11 Å². The molecule has 0 unspecified atom stereocenters. The fourth-order valence-electron chi connectivity index (χ4n) is 3.07. The molecule has 2 rings (SSSR count). The maximum absolute atomic E-state index is 14.0. The zero-order valence-corrected chi connectivity index (χ0v) is 15.6. The van der Waals surface area contributed by atoms with Gasteiger partial charge in [0, 0.05) is 29.7 Å². The fourth-order valence-corrected chi connectivity index (χ4v) is 3.07. The van der Waals surface area contributed by atoms with Crippen LogP contribution in [0.2, 0.25) is 0 Å². The molecule has 0 radical (unpaired) electrons. The third-order valence-electron chi connectivity index (χ3n) is 4.58. The predicted octanol–water partition coefficient (Wildman–Crippen LogP) is 4.33. The molecule has 0 aliphatic carbocycles. The quantitative estimate of drug-likeness (QED) is 0.219. The number of esters is 1. The van der Waals surface area contributed by atoms with Crippen molar-refractivity contribution in [1.82, 2.24) is 0 Å². The van der Waals surface area contributed by atoms with Gasteiger partial charge in [-0.05, 0) is 12.1 Å². The Bertz CT molecular complexity index is 984. The molecular weight excluding hydrogens is 405 g/mol. The highest BCUT2D eigenvalue weighted by molar-refractivity contribution is 5.97. The molecule has 0 fully saturated rings. The molecule has 2 aromatic carbocycles. The van der Waals surface area contributed by atoms with E-state index in [1.165, 1.54) is 30.3 Å². The number of benzene rings is 2. The van der Waals surface area contributed by atoms with Gasteiger partial charge >= 0.3 is 17.7 Å². The third kappa shape index (κ3) is 4.30. The van der Waals surface area contributed by atoms with E-state index in [0.717, 1.165) is 31.4 Å². The maximum Gasteiger partial charge on any atom is 0.401 e. The van der Waals surface area contributed by atoms with Crippen LogP contribution in [0.15, 0.2) is 54.6 Å². The molecule has 0 heterocycles. The lowest BCUT2D eigenvalue weighted by Crippen LogP contribution is -2.48. The summed E-state index contributed by atoms with van der Waals surface area (Å²) in [4.78, 5) is 38.1. The average Bonchev–Trinajstić information content (AvgIpc) is 2.73. The molecule has 0 N–H and O–H groups in total. The minimum absolute atomic E-state index is 0.216. The highest BCUT2D eigenvalue weighted by Gasteiger charge is 2.66. The van der Waals surface area contributed by atoms with Crippen LogP contribution in [0.1, 0.15) is 22.3 Å². The Hall–Kier alpha value is -3.74. The lowest BCUT2D eigenvalue weighted by Gasteiger charge is -2.29. The van der Waals surface area contributed by atoms with E-state index in [4.69, 9.17) is 6.57 Å². The molecule has 0 saturated carbocycles. The topological polar surface area (TPSA) is 90.9 Å². The van der Waals surface area contributed by atoms with Gasteiger partial charge in [0.15, 0.2) is 11.7 Å². The van der Waals surface area contributed by atoms with Crippen LogP contribution in [-0.4, -0.2) is 30.0 Å². The second kappa shape index (κ2) is 8.73. The van der Waals surface area contributed by atoms with E-state index in [1.54, 1.807) is 0 Å². The smallest absolute Gasteiger partial charge is 0.401 e. The van der Waals surface area contributed by atoms with Crippen molar-refractivity contribution in [3.8, 4) is 0 Å². The lowest BCUT2D eigenvalue weighted by atomic mass is 9.75. The number of halogens is 3. The minimum atomic E-state index is -5.11. The number of methoxy groups -OCH3 is 1. The molecule has 0 aliphatic heterocycles. The molecule has 0 saturated heterocycles. The van der Waals surface area contributed by atoms with E-state index in [1.807, 2.05) is 0 Å². The summed E-state index contributed by atoms with van der Waals surface area (Å²) in [6.07, 6.45) is -6.33. The van der Waals surface area contributed by atoms with Crippen molar-refractivity contribution in [1.29, 1.82) is 0 Å². The molecule has 0 amide bonds. The van der Waals surface area contributed by atoms with Gasteiger partial charge in [-0.3, -0.25) is 19.8 Å². The number of nitro groups is 1. The average molecular weight is 420 g/mol. The summed E-state index contributed by atoms with van der Waals surface area (Å²) in [7, 11) is 0.858. The largest absolute Gasteiger partial charge is 0.463 e. The first kappa shape index (κ1) is 22.5. The van der Waals surface area contributed by atoms with Crippen molar-refractivity contribution in [2.45, 2.75) is 18.1 Å². The molecule has 2 atom stereocenters. The number of ether oxygens (including phenoxy) is 1. The molecule has 10 heteroatoms. The molecule has 0 aliphatic rings. The first-order valence-corrected chi connectivity index (χ1v) is 8.44. The Morgan fingerprint density at radius 1 is 1.13 bits per heavy atom. The number of Topliss-reactive ketones (excluding diaryl/α,β-unsaturated/α-hetero) is 1. The summed E-state index contributed by atoms with van der Waals surface area (Å²) in [5, 5.41) is 10.7. The second-order valence-corrected chi connectivity index (χ2v) is 6.26. The van der Waals surface area contributed by atoms with Gasteiger partial charge in [0.1, 0.15) is 0 Å². The van der Waals surface area contributed by atoms with Crippen LogP contribution in [-0.2, 0) is 15.1 Å². The van der Waals surface area contributed by atoms with Gasteiger partial charge in [-0.15, -0.1) is 0 Å². The SMILES string of the molecule is [C-]#[N+][C@@](C(=O)OC)(c1ccccc1)[C@H](CC(=O)c1ccc([N+](=O)[O-])cc1)C(F)(F)F. The van der Waals surface area contributed by atoms with Gasteiger partial charge in [0.2, 0.25) is 0 Å². The summed E-state index contributed by atoms with van der Waals surface area (Å²) in [5.41, 5.74) is -3.64. The third-order valence-corrected chi connectivity index (χ3v) is 4.58. The fraction of sp³-hybridized carbons (Fsp3) is 0.250. The van der Waals surface area contributed by atoms with Crippen molar-refractivity contribution in [3.63, 3.8) is 0 Å². The van der Waals surface area contributed by atoms with Crippen molar-refractivity contribution < 1.29 is 32.4 Å².